The fraction of sp³-hybridized carbons (Fsp3) is 0.364. The molecule has 0 fully saturated rings. The van der Waals surface area contributed by atoms with Crippen LogP contribution in [0.15, 0.2) is 52.4 Å². The highest BCUT2D eigenvalue weighted by Crippen LogP contribution is 2.24. The smallest absolute Gasteiger partial charge is 0.279 e. The van der Waals surface area contributed by atoms with Gasteiger partial charge in [-0.3, -0.25) is 4.79 Å². The second-order valence-corrected chi connectivity index (χ2v) is 9.33. The molecule has 1 amide bonds. The number of rotatable bonds is 8. The van der Waals surface area contributed by atoms with Gasteiger partial charge in [0.25, 0.3) is 5.91 Å². The molecule has 2 aromatic carbocycles. The summed E-state index contributed by atoms with van der Waals surface area (Å²) < 4.78 is 13.9. The summed E-state index contributed by atoms with van der Waals surface area (Å²) in [5, 5.41) is 0.501. The molecular weight excluding hydrogens is 404 g/mol. The van der Waals surface area contributed by atoms with E-state index < -0.39 is 0 Å². The highest BCUT2D eigenvalue weighted by atomic mass is 32.2. The molecular formula is C22H26N2O3S2. The lowest BCUT2D eigenvalue weighted by Gasteiger charge is -2.06. The largest absolute Gasteiger partial charge is 0.497 e. The average molecular weight is 431 g/mol. The van der Waals surface area contributed by atoms with E-state index in [9.17, 15) is 4.79 Å². The van der Waals surface area contributed by atoms with Crippen LogP contribution in [0.5, 0.6) is 5.75 Å². The molecule has 0 N–H and O–H groups in total. The van der Waals surface area contributed by atoms with Crippen molar-refractivity contribution in [2.45, 2.75) is 37.5 Å². The van der Waals surface area contributed by atoms with E-state index in [-0.39, 0.29) is 5.91 Å². The summed E-state index contributed by atoms with van der Waals surface area (Å²) in [5.74, 6) is 0.543. The maximum Gasteiger partial charge on any atom is 0.279 e. The Morgan fingerprint density at radius 3 is 2.62 bits per heavy atom. The Hall–Kier alpha value is -2.09. The molecule has 1 heterocycles. The van der Waals surface area contributed by atoms with Crippen molar-refractivity contribution >= 4 is 39.2 Å². The zero-order valence-electron chi connectivity index (χ0n) is 17.2. The number of amides is 1. The van der Waals surface area contributed by atoms with E-state index in [2.05, 4.69) is 18.8 Å². The second-order valence-electron chi connectivity index (χ2n) is 6.67. The fourth-order valence-electron chi connectivity index (χ4n) is 2.88. The number of ether oxygens (including phenoxy) is 2. The molecule has 1 aromatic heterocycles. The standard InChI is InChI=1S/C22H26N2O3S2/c1-5-27-13-12-24-19-11-8-17(26-4)14-20(19)29-22(24)23-21(25)16-6-9-18(10-7-16)28-15(2)3/h6-11,14-15H,5,12-13H2,1-4H3. The number of carbonyl (C=O) groups excluding carboxylic acids is 1. The van der Waals surface area contributed by atoms with Crippen LogP contribution in [0, 0.1) is 0 Å². The van der Waals surface area contributed by atoms with Gasteiger partial charge >= 0.3 is 0 Å². The molecule has 0 saturated carbocycles. The normalized spacial score (nSPS) is 12.1. The number of thiazole rings is 1. The summed E-state index contributed by atoms with van der Waals surface area (Å²) in [6, 6.07) is 13.5. The van der Waals surface area contributed by atoms with Gasteiger partial charge in [-0.1, -0.05) is 25.2 Å². The number of carbonyl (C=O) groups is 1. The number of thioether (sulfide) groups is 1. The molecule has 0 unspecified atom stereocenters. The van der Waals surface area contributed by atoms with Gasteiger partial charge in [0.2, 0.25) is 0 Å². The molecule has 0 bridgehead atoms. The van der Waals surface area contributed by atoms with Crippen LogP contribution in [0.25, 0.3) is 10.2 Å². The van der Waals surface area contributed by atoms with E-state index >= 15 is 0 Å². The maximum atomic E-state index is 12.8. The lowest BCUT2D eigenvalue weighted by Crippen LogP contribution is -2.19. The van der Waals surface area contributed by atoms with E-state index in [1.54, 1.807) is 18.9 Å². The molecule has 5 nitrogen and oxygen atoms in total. The topological polar surface area (TPSA) is 52.8 Å². The number of hydrogen-bond acceptors (Lipinski definition) is 5. The van der Waals surface area contributed by atoms with Gasteiger partial charge in [-0.25, -0.2) is 0 Å². The third-order valence-electron chi connectivity index (χ3n) is 4.22. The van der Waals surface area contributed by atoms with Crippen molar-refractivity contribution in [1.82, 2.24) is 4.57 Å². The van der Waals surface area contributed by atoms with Crippen LogP contribution in [-0.4, -0.2) is 36.0 Å². The summed E-state index contributed by atoms with van der Waals surface area (Å²) in [6.45, 7) is 8.13. The molecule has 7 heteroatoms. The number of aromatic nitrogens is 1. The number of methoxy groups -OCH3 is 1. The molecule has 0 aliphatic heterocycles. The minimum absolute atomic E-state index is 0.241. The monoisotopic (exact) mass is 430 g/mol. The summed E-state index contributed by atoms with van der Waals surface area (Å²) in [6.07, 6.45) is 0. The van der Waals surface area contributed by atoms with Gasteiger partial charge in [0.1, 0.15) is 5.75 Å². The van der Waals surface area contributed by atoms with E-state index in [1.807, 2.05) is 54.0 Å². The van der Waals surface area contributed by atoms with Crippen molar-refractivity contribution < 1.29 is 14.3 Å². The summed E-state index contributed by atoms with van der Waals surface area (Å²) >= 11 is 3.26. The van der Waals surface area contributed by atoms with Crippen molar-refractivity contribution in [3.63, 3.8) is 0 Å². The summed E-state index contributed by atoms with van der Waals surface area (Å²) in [5.41, 5.74) is 1.61. The maximum absolute atomic E-state index is 12.8. The van der Waals surface area contributed by atoms with E-state index in [1.165, 1.54) is 11.3 Å². The van der Waals surface area contributed by atoms with Gasteiger partial charge in [0.05, 0.1) is 23.9 Å². The molecule has 0 aliphatic rings. The van der Waals surface area contributed by atoms with Crippen molar-refractivity contribution in [2.24, 2.45) is 4.99 Å². The first-order chi connectivity index (χ1) is 14.0. The molecule has 0 saturated heterocycles. The molecule has 154 valence electrons. The van der Waals surface area contributed by atoms with Gasteiger partial charge in [-0.15, -0.1) is 11.8 Å². The van der Waals surface area contributed by atoms with Crippen LogP contribution in [0.1, 0.15) is 31.1 Å². The molecule has 3 aromatic rings. The quantitative estimate of drug-likeness (QED) is 0.373. The zero-order chi connectivity index (χ0) is 20.8. The van der Waals surface area contributed by atoms with Crippen LogP contribution in [0.3, 0.4) is 0 Å². The van der Waals surface area contributed by atoms with Crippen molar-refractivity contribution in [2.75, 3.05) is 20.3 Å². The van der Waals surface area contributed by atoms with Gasteiger partial charge in [0, 0.05) is 28.9 Å². The van der Waals surface area contributed by atoms with Crippen molar-refractivity contribution in [3.05, 3.63) is 52.8 Å². The predicted octanol–water partition coefficient (Wildman–Crippen LogP) is 4.99. The predicted molar refractivity (Wildman–Crippen MR) is 120 cm³/mol. The van der Waals surface area contributed by atoms with Gasteiger partial charge < -0.3 is 14.0 Å². The Morgan fingerprint density at radius 2 is 1.97 bits per heavy atom. The van der Waals surface area contributed by atoms with E-state index in [4.69, 9.17) is 9.47 Å². The minimum Gasteiger partial charge on any atom is -0.497 e. The van der Waals surface area contributed by atoms with Crippen LogP contribution < -0.4 is 9.54 Å². The first-order valence-corrected chi connectivity index (χ1v) is 11.3. The molecule has 29 heavy (non-hydrogen) atoms. The van der Waals surface area contributed by atoms with Crippen molar-refractivity contribution in [3.8, 4) is 5.75 Å². The number of hydrogen-bond donors (Lipinski definition) is 0. The lowest BCUT2D eigenvalue weighted by atomic mass is 10.2. The third-order valence-corrected chi connectivity index (χ3v) is 6.28. The summed E-state index contributed by atoms with van der Waals surface area (Å²) in [4.78, 5) is 19.0. The number of benzene rings is 2. The van der Waals surface area contributed by atoms with E-state index in [0.717, 1.165) is 20.9 Å². The fourth-order valence-corrected chi connectivity index (χ4v) is 4.80. The Kier molecular flexibility index (Phi) is 7.52. The SMILES string of the molecule is CCOCCn1c(=NC(=O)c2ccc(SC(C)C)cc2)sc2cc(OC)ccc21. The van der Waals surface area contributed by atoms with Crippen LogP contribution in [-0.2, 0) is 11.3 Å². The molecule has 0 spiro atoms. The number of fused-ring (bicyclic) bond motifs is 1. The first kappa shape index (κ1) is 21.6. The van der Waals surface area contributed by atoms with Gasteiger partial charge in [-0.2, -0.15) is 4.99 Å². The molecule has 0 aliphatic carbocycles. The zero-order valence-corrected chi connectivity index (χ0v) is 18.8. The Bertz CT molecular complexity index is 1040. The second kappa shape index (κ2) is 10.1. The van der Waals surface area contributed by atoms with Crippen LogP contribution in [0.4, 0.5) is 0 Å². The highest BCUT2D eigenvalue weighted by molar-refractivity contribution is 7.99. The molecule has 0 atom stereocenters. The highest BCUT2D eigenvalue weighted by Gasteiger charge is 2.11. The van der Waals surface area contributed by atoms with Crippen LogP contribution in [0.2, 0.25) is 0 Å². The van der Waals surface area contributed by atoms with Crippen molar-refractivity contribution in [1.29, 1.82) is 0 Å². The summed E-state index contributed by atoms with van der Waals surface area (Å²) in [7, 11) is 1.65. The van der Waals surface area contributed by atoms with Crippen LogP contribution >= 0.6 is 23.1 Å². The average Bonchev–Trinajstić information content (AvgIpc) is 3.04. The Balaban J connectivity index is 1.96. The number of nitrogens with zero attached hydrogens (tertiary/aromatic N) is 2. The molecule has 0 radical (unpaired) electrons. The lowest BCUT2D eigenvalue weighted by molar-refractivity contribution is 0.0996. The van der Waals surface area contributed by atoms with Gasteiger partial charge in [-0.05, 0) is 49.4 Å². The minimum atomic E-state index is -0.241. The molecule has 3 rings (SSSR count). The Labute approximate surface area is 179 Å². The first-order valence-electron chi connectivity index (χ1n) is 9.62. The Morgan fingerprint density at radius 1 is 1.21 bits per heavy atom. The van der Waals surface area contributed by atoms with E-state index in [0.29, 0.717) is 35.4 Å². The third kappa shape index (κ3) is 5.50. The van der Waals surface area contributed by atoms with Gasteiger partial charge in [0.15, 0.2) is 4.80 Å².